The largest absolute Gasteiger partial charge is 0.465 e. The highest BCUT2D eigenvalue weighted by Crippen LogP contribution is 2.32. The van der Waals surface area contributed by atoms with Gasteiger partial charge >= 0.3 is 5.97 Å². The summed E-state index contributed by atoms with van der Waals surface area (Å²) in [5.41, 5.74) is 13.5. The molecule has 4 rings (SSSR count). The van der Waals surface area contributed by atoms with E-state index in [1.54, 1.807) is 13.8 Å². The number of ether oxygens (including phenoxy) is 1. The molecule has 0 radical (unpaired) electrons. The maximum absolute atomic E-state index is 14.3. The summed E-state index contributed by atoms with van der Waals surface area (Å²) in [6.45, 7) is 5.58. The lowest BCUT2D eigenvalue weighted by atomic mass is 9.93. The van der Waals surface area contributed by atoms with Crippen LogP contribution in [-0.4, -0.2) is 77.8 Å². The number of nitrogens with two attached hydrogens (primary N) is 2. The highest BCUT2D eigenvalue weighted by molar-refractivity contribution is 5.98. The van der Waals surface area contributed by atoms with Gasteiger partial charge in [0.25, 0.3) is 5.09 Å². The zero-order valence-electron chi connectivity index (χ0n) is 29.7. The second-order valence-electron chi connectivity index (χ2n) is 12.8. The van der Waals surface area contributed by atoms with Gasteiger partial charge in [-0.15, -0.1) is 20.3 Å². The van der Waals surface area contributed by atoms with Gasteiger partial charge in [-0.2, -0.15) is 5.21 Å². The van der Waals surface area contributed by atoms with Crippen molar-refractivity contribution in [3.8, 4) is 22.5 Å². The minimum Gasteiger partial charge on any atom is -0.465 e. The molecule has 0 bridgehead atoms. The smallest absolute Gasteiger partial charge is 0.309 e. The maximum atomic E-state index is 14.3. The first-order valence-electron chi connectivity index (χ1n) is 17.2. The van der Waals surface area contributed by atoms with Gasteiger partial charge in [0.1, 0.15) is 22.8 Å². The van der Waals surface area contributed by atoms with Crippen LogP contribution in [0.25, 0.3) is 22.5 Å². The van der Waals surface area contributed by atoms with Crippen LogP contribution in [0.15, 0.2) is 53.5 Å². The van der Waals surface area contributed by atoms with Crippen LogP contribution in [-0.2, 0) is 32.9 Å². The molecule has 4 aromatic rings. The van der Waals surface area contributed by atoms with Gasteiger partial charge in [-0.25, -0.2) is 4.98 Å². The average Bonchev–Trinajstić information content (AvgIpc) is 3.77. The SMILES string of the molecule is CCCc1nc(C(C)(C)O)c(C(=O)CC(CCCN=C(N)N)C(=O)OCCCCO[N+](=O)[O-])n1Cc1ccc(-c2ccccc2-c2nn[nH]n2)cc1. The summed E-state index contributed by atoms with van der Waals surface area (Å²) in [5, 5.41) is 35.2. The molecule has 0 aliphatic rings. The van der Waals surface area contributed by atoms with Gasteiger partial charge in [-0.3, -0.25) is 14.6 Å². The Labute approximate surface area is 300 Å². The minimum atomic E-state index is -1.46. The highest BCUT2D eigenvalue weighted by atomic mass is 16.9. The van der Waals surface area contributed by atoms with Crippen molar-refractivity contribution in [1.29, 1.82) is 0 Å². The topological polar surface area (TPSA) is 253 Å². The van der Waals surface area contributed by atoms with E-state index in [-0.39, 0.29) is 62.3 Å². The Morgan fingerprint density at radius 3 is 2.42 bits per heavy atom. The third-order valence-corrected chi connectivity index (χ3v) is 8.23. The van der Waals surface area contributed by atoms with E-state index in [1.807, 2.05) is 60.0 Å². The Kier molecular flexibility index (Phi) is 13.9. The van der Waals surface area contributed by atoms with E-state index in [4.69, 9.17) is 21.2 Å². The van der Waals surface area contributed by atoms with Crippen molar-refractivity contribution in [2.24, 2.45) is 22.4 Å². The predicted molar refractivity (Wildman–Crippen MR) is 191 cm³/mol. The second-order valence-corrected chi connectivity index (χ2v) is 12.8. The molecule has 278 valence electrons. The Morgan fingerprint density at radius 1 is 1.08 bits per heavy atom. The number of nitrogens with one attached hydrogen (secondary N) is 1. The lowest BCUT2D eigenvalue weighted by molar-refractivity contribution is -0.757. The van der Waals surface area contributed by atoms with Gasteiger partial charge in [0.15, 0.2) is 11.7 Å². The van der Waals surface area contributed by atoms with E-state index in [0.29, 0.717) is 37.3 Å². The highest BCUT2D eigenvalue weighted by Gasteiger charge is 2.34. The van der Waals surface area contributed by atoms with E-state index in [0.717, 1.165) is 28.7 Å². The number of carbonyl (C=O) groups excluding carboxylic acids is 2. The molecule has 0 aliphatic heterocycles. The summed E-state index contributed by atoms with van der Waals surface area (Å²) in [4.78, 5) is 51.1. The number of benzene rings is 2. The number of H-pyrrole nitrogens is 1. The molecule has 1 unspecified atom stereocenters. The van der Waals surface area contributed by atoms with Crippen molar-refractivity contribution in [3.05, 3.63) is 81.4 Å². The summed E-state index contributed by atoms with van der Waals surface area (Å²) < 4.78 is 7.32. The second kappa shape index (κ2) is 18.5. The Morgan fingerprint density at radius 2 is 1.79 bits per heavy atom. The number of carbonyl (C=O) groups is 2. The summed E-state index contributed by atoms with van der Waals surface area (Å²) in [6.07, 6.45) is 2.39. The molecular weight excluding hydrogens is 672 g/mol. The van der Waals surface area contributed by atoms with Crippen LogP contribution in [0, 0.1) is 16.0 Å². The molecule has 6 N–H and O–H groups in total. The number of unbranched alkanes of at least 4 members (excludes halogenated alkanes) is 1. The van der Waals surface area contributed by atoms with Gasteiger partial charge in [0.05, 0.1) is 19.1 Å². The van der Waals surface area contributed by atoms with Crippen molar-refractivity contribution in [3.63, 3.8) is 0 Å². The molecule has 0 fully saturated rings. The Balaban J connectivity index is 1.61. The predicted octanol–water partition coefficient (Wildman–Crippen LogP) is 3.73. The van der Waals surface area contributed by atoms with Crippen LogP contribution >= 0.6 is 0 Å². The maximum Gasteiger partial charge on any atom is 0.309 e. The quantitative estimate of drug-likeness (QED) is 0.0182. The van der Waals surface area contributed by atoms with Crippen molar-refractivity contribution in [1.82, 2.24) is 30.2 Å². The fourth-order valence-corrected chi connectivity index (χ4v) is 5.77. The molecule has 0 saturated heterocycles. The number of nitrogens with zero attached hydrogens (tertiary/aromatic N) is 7. The van der Waals surface area contributed by atoms with Gasteiger partial charge < -0.3 is 30.7 Å². The molecule has 0 amide bonds. The standard InChI is InChI=1S/C35H46N10O7/c1-4-10-29-39-31(35(2,3)48)30(28(46)21-25(11-9-18-38-34(36)37)33(47)51-19-7-8-20-52-45(49)50)44(29)22-23-14-16-24(17-15-23)26-12-5-6-13-27(26)32-40-42-43-41-32/h5-6,12-17,25,48H,4,7-11,18-22H2,1-3H3,(H4,36,37,38)(H,40,41,42,43). The number of aromatic amines is 1. The van der Waals surface area contributed by atoms with Crippen molar-refractivity contribution in [2.45, 2.75) is 77.9 Å². The number of hydrogen-bond donors (Lipinski definition) is 4. The number of imidazole rings is 1. The number of aromatic nitrogens is 6. The molecule has 0 aliphatic carbocycles. The zero-order chi connectivity index (χ0) is 37.7. The minimum absolute atomic E-state index is 0.00156. The number of tetrazole rings is 1. The molecule has 17 heteroatoms. The first-order chi connectivity index (χ1) is 24.9. The molecule has 2 aromatic carbocycles. The van der Waals surface area contributed by atoms with Crippen LogP contribution in [0.1, 0.15) is 86.9 Å². The lowest BCUT2D eigenvalue weighted by Gasteiger charge is -2.20. The normalized spacial score (nSPS) is 11.9. The van der Waals surface area contributed by atoms with E-state index in [9.17, 15) is 24.8 Å². The Hall–Kier alpha value is -5.71. The molecule has 0 spiro atoms. The van der Waals surface area contributed by atoms with E-state index >= 15 is 0 Å². The number of aryl methyl sites for hydroxylation is 1. The summed E-state index contributed by atoms with van der Waals surface area (Å²) in [6, 6.07) is 15.6. The molecular formula is C35H46N10O7. The number of rotatable bonds is 21. The fraction of sp³-hybridized carbons (Fsp3) is 0.457. The zero-order valence-corrected chi connectivity index (χ0v) is 29.7. The van der Waals surface area contributed by atoms with E-state index < -0.39 is 22.6 Å². The van der Waals surface area contributed by atoms with Crippen LogP contribution in [0.5, 0.6) is 0 Å². The van der Waals surface area contributed by atoms with Crippen LogP contribution in [0.4, 0.5) is 0 Å². The third kappa shape index (κ3) is 10.9. The molecule has 0 saturated carbocycles. The molecule has 17 nitrogen and oxygen atoms in total. The van der Waals surface area contributed by atoms with Crippen molar-refractivity contribution >= 4 is 17.7 Å². The number of esters is 1. The molecule has 2 heterocycles. The molecule has 1 atom stereocenters. The fourth-order valence-electron chi connectivity index (χ4n) is 5.77. The van der Waals surface area contributed by atoms with E-state index in [1.165, 1.54) is 0 Å². The van der Waals surface area contributed by atoms with Gasteiger partial charge in [0.2, 0.25) is 5.82 Å². The Bertz CT molecular complexity index is 1810. The number of Topliss-reactive ketones (excluding diaryl/α,β-unsaturated/α-hetero) is 1. The number of ketones is 1. The van der Waals surface area contributed by atoms with Crippen LogP contribution < -0.4 is 11.5 Å². The van der Waals surface area contributed by atoms with Gasteiger partial charge in [0, 0.05) is 31.5 Å². The summed E-state index contributed by atoms with van der Waals surface area (Å²) in [5.74, 6) is -0.777. The van der Waals surface area contributed by atoms with Gasteiger partial charge in [-0.05, 0) is 67.9 Å². The summed E-state index contributed by atoms with van der Waals surface area (Å²) in [7, 11) is 0. The van der Waals surface area contributed by atoms with E-state index in [2.05, 4.69) is 30.5 Å². The number of aliphatic imine (C=N–C) groups is 1. The van der Waals surface area contributed by atoms with Crippen LogP contribution in [0.3, 0.4) is 0 Å². The third-order valence-electron chi connectivity index (χ3n) is 8.23. The number of guanidine groups is 1. The van der Waals surface area contributed by atoms with Crippen molar-refractivity contribution < 1.29 is 29.4 Å². The van der Waals surface area contributed by atoms with Gasteiger partial charge in [-0.1, -0.05) is 55.5 Å². The first kappa shape index (κ1) is 39.1. The molecule has 2 aromatic heterocycles. The lowest BCUT2D eigenvalue weighted by Crippen LogP contribution is -2.27. The van der Waals surface area contributed by atoms with Crippen LogP contribution in [0.2, 0.25) is 0 Å². The van der Waals surface area contributed by atoms with Crippen molar-refractivity contribution in [2.75, 3.05) is 19.8 Å². The number of hydrogen-bond acceptors (Lipinski definition) is 12. The average molecular weight is 719 g/mol. The monoisotopic (exact) mass is 718 g/mol. The molecule has 52 heavy (non-hydrogen) atoms. The first-order valence-corrected chi connectivity index (χ1v) is 17.2. The number of aliphatic hydroxyl groups is 1. The summed E-state index contributed by atoms with van der Waals surface area (Å²) >= 11 is 0.